The van der Waals surface area contributed by atoms with Crippen LogP contribution >= 0.6 is 0 Å². The van der Waals surface area contributed by atoms with Crippen LogP contribution < -0.4 is 5.11 Å². The van der Waals surface area contributed by atoms with Crippen LogP contribution in [-0.4, -0.2) is 24.3 Å². The fourth-order valence-corrected chi connectivity index (χ4v) is 2.24. The maximum Gasteiger partial charge on any atom is 0.101 e. The third kappa shape index (κ3) is 3.24. The van der Waals surface area contributed by atoms with E-state index in [0.29, 0.717) is 12.2 Å². The summed E-state index contributed by atoms with van der Waals surface area (Å²) in [5.41, 5.74) is 2.22. The number of carboxylic acids is 1. The van der Waals surface area contributed by atoms with Crippen LogP contribution in [0.4, 0.5) is 0 Å². The highest BCUT2D eigenvalue weighted by Gasteiger charge is 2.13. The summed E-state index contributed by atoms with van der Waals surface area (Å²) < 4.78 is 7.18. The standard InChI is InChI=1S/C14H18N2O3/c1-9-5-12(6-13(7-15)14(17)18)11(3)16(9)10(2)8-19-4/h5-6,10H,8H2,1-4H3,(H,17,18)/p-1/b13-6-/t10-/m1/s1. The maximum atomic E-state index is 10.7. The van der Waals surface area contributed by atoms with Crippen molar-refractivity contribution < 1.29 is 14.6 Å². The molecule has 0 aliphatic rings. The molecule has 0 spiro atoms. The molecule has 0 saturated carbocycles. The van der Waals surface area contributed by atoms with E-state index in [1.54, 1.807) is 13.2 Å². The normalized spacial score (nSPS) is 13.1. The van der Waals surface area contributed by atoms with Crippen molar-refractivity contribution in [2.75, 3.05) is 13.7 Å². The van der Waals surface area contributed by atoms with Crippen LogP contribution in [0, 0.1) is 25.2 Å². The molecule has 1 rings (SSSR count). The number of hydrogen-bond acceptors (Lipinski definition) is 4. The van der Waals surface area contributed by atoms with E-state index >= 15 is 0 Å². The molecule has 1 aromatic heterocycles. The first-order valence-corrected chi connectivity index (χ1v) is 5.92. The van der Waals surface area contributed by atoms with Crippen molar-refractivity contribution in [1.29, 1.82) is 5.26 Å². The zero-order valence-corrected chi connectivity index (χ0v) is 11.6. The molecule has 1 heterocycles. The van der Waals surface area contributed by atoms with Crippen molar-refractivity contribution in [2.45, 2.75) is 26.8 Å². The largest absolute Gasteiger partial charge is 0.544 e. The second-order valence-corrected chi connectivity index (χ2v) is 4.46. The van der Waals surface area contributed by atoms with E-state index < -0.39 is 5.97 Å². The van der Waals surface area contributed by atoms with Crippen molar-refractivity contribution in [3.8, 4) is 6.07 Å². The number of nitrogens with zero attached hydrogens (tertiary/aromatic N) is 2. The molecule has 1 aromatic rings. The molecule has 0 aromatic carbocycles. The lowest BCUT2D eigenvalue weighted by Gasteiger charge is -2.17. The van der Waals surface area contributed by atoms with Crippen molar-refractivity contribution in [3.05, 3.63) is 28.6 Å². The lowest BCUT2D eigenvalue weighted by atomic mass is 10.1. The van der Waals surface area contributed by atoms with Crippen molar-refractivity contribution in [3.63, 3.8) is 0 Å². The number of aryl methyl sites for hydroxylation is 1. The highest BCUT2D eigenvalue weighted by Crippen LogP contribution is 2.22. The average Bonchev–Trinajstić information content (AvgIpc) is 2.61. The van der Waals surface area contributed by atoms with Crippen LogP contribution in [0.5, 0.6) is 0 Å². The van der Waals surface area contributed by atoms with E-state index in [9.17, 15) is 9.90 Å². The Bertz CT molecular complexity index is 550. The SMILES string of the molecule is COC[C@@H](C)n1c(C)cc(/C=C(/C#N)C(=O)[O-])c1C. The zero-order valence-electron chi connectivity index (χ0n) is 11.6. The van der Waals surface area contributed by atoms with Crippen LogP contribution in [0.1, 0.15) is 29.9 Å². The Morgan fingerprint density at radius 3 is 2.74 bits per heavy atom. The molecule has 5 nitrogen and oxygen atoms in total. The molecule has 0 fully saturated rings. The van der Waals surface area contributed by atoms with Gasteiger partial charge in [-0.15, -0.1) is 0 Å². The Kier molecular flexibility index (Phi) is 4.90. The summed E-state index contributed by atoms with van der Waals surface area (Å²) in [5, 5.41) is 19.5. The van der Waals surface area contributed by atoms with Crippen LogP contribution in [0.15, 0.2) is 11.6 Å². The highest BCUT2D eigenvalue weighted by molar-refractivity contribution is 5.95. The Morgan fingerprint density at radius 2 is 2.26 bits per heavy atom. The molecule has 0 aliphatic carbocycles. The molecule has 19 heavy (non-hydrogen) atoms. The summed E-state index contributed by atoms with van der Waals surface area (Å²) in [6.45, 7) is 6.39. The summed E-state index contributed by atoms with van der Waals surface area (Å²) >= 11 is 0. The number of nitriles is 1. The second-order valence-electron chi connectivity index (χ2n) is 4.46. The number of carboxylic acid groups (broad SMARTS) is 1. The first kappa shape index (κ1) is 15.0. The second kappa shape index (κ2) is 6.21. The lowest BCUT2D eigenvalue weighted by molar-refractivity contribution is -0.298. The number of hydrogen-bond donors (Lipinski definition) is 0. The van der Waals surface area contributed by atoms with Crippen molar-refractivity contribution in [2.24, 2.45) is 0 Å². The van der Waals surface area contributed by atoms with Gasteiger partial charge in [-0.05, 0) is 38.5 Å². The van der Waals surface area contributed by atoms with E-state index in [1.165, 1.54) is 6.08 Å². The van der Waals surface area contributed by atoms with Crippen LogP contribution in [0.2, 0.25) is 0 Å². The summed E-state index contributed by atoms with van der Waals surface area (Å²) in [5.74, 6) is -1.46. The Morgan fingerprint density at radius 1 is 1.63 bits per heavy atom. The van der Waals surface area contributed by atoms with Crippen LogP contribution in [0.25, 0.3) is 6.08 Å². The summed E-state index contributed by atoms with van der Waals surface area (Å²) in [7, 11) is 1.63. The number of methoxy groups -OCH3 is 1. The number of rotatable bonds is 5. The minimum atomic E-state index is -1.46. The smallest absolute Gasteiger partial charge is 0.101 e. The monoisotopic (exact) mass is 261 g/mol. The van der Waals surface area contributed by atoms with Gasteiger partial charge in [0.25, 0.3) is 0 Å². The minimum Gasteiger partial charge on any atom is -0.544 e. The number of carbonyl (C=O) groups is 1. The Labute approximate surface area is 112 Å². The van der Waals surface area contributed by atoms with Gasteiger partial charge in [0.05, 0.1) is 24.2 Å². The van der Waals surface area contributed by atoms with Gasteiger partial charge in [-0.3, -0.25) is 0 Å². The highest BCUT2D eigenvalue weighted by atomic mass is 16.5. The molecule has 5 heteroatoms. The van der Waals surface area contributed by atoms with Gasteiger partial charge in [-0.25, -0.2) is 0 Å². The fourth-order valence-electron chi connectivity index (χ4n) is 2.24. The van der Waals surface area contributed by atoms with Crippen LogP contribution in [0.3, 0.4) is 0 Å². The summed E-state index contributed by atoms with van der Waals surface area (Å²) in [6, 6.07) is 3.61. The molecular weight excluding hydrogens is 244 g/mol. The van der Waals surface area contributed by atoms with E-state index in [2.05, 4.69) is 4.57 Å². The van der Waals surface area contributed by atoms with Crippen molar-refractivity contribution in [1.82, 2.24) is 4.57 Å². The molecule has 0 saturated heterocycles. The first-order chi connectivity index (χ1) is 8.92. The molecule has 0 unspecified atom stereocenters. The summed E-state index contributed by atoms with van der Waals surface area (Å²) in [6.07, 6.45) is 1.34. The minimum absolute atomic E-state index is 0.139. The van der Waals surface area contributed by atoms with Gasteiger partial charge in [0.15, 0.2) is 0 Å². The molecule has 0 bridgehead atoms. The van der Waals surface area contributed by atoms with Gasteiger partial charge < -0.3 is 19.2 Å². The van der Waals surface area contributed by atoms with E-state index in [0.717, 1.165) is 11.4 Å². The predicted molar refractivity (Wildman–Crippen MR) is 69.1 cm³/mol. The number of ether oxygens (including phenoxy) is 1. The molecule has 0 N–H and O–H groups in total. The number of carbonyl (C=O) groups excluding carboxylic acids is 1. The van der Waals surface area contributed by atoms with Crippen molar-refractivity contribution >= 4 is 12.0 Å². The Balaban J connectivity index is 3.24. The van der Waals surface area contributed by atoms with Gasteiger partial charge in [0, 0.05) is 18.5 Å². The average molecular weight is 261 g/mol. The first-order valence-electron chi connectivity index (χ1n) is 5.92. The van der Waals surface area contributed by atoms with Gasteiger partial charge in [-0.2, -0.15) is 5.26 Å². The molecule has 0 amide bonds. The zero-order chi connectivity index (χ0) is 14.6. The third-order valence-corrected chi connectivity index (χ3v) is 3.01. The summed E-state index contributed by atoms with van der Waals surface area (Å²) in [4.78, 5) is 10.7. The quantitative estimate of drug-likeness (QED) is 0.584. The number of aliphatic carboxylic acids is 1. The molecule has 0 aliphatic heterocycles. The molecular formula is C14H17N2O3-. The van der Waals surface area contributed by atoms with E-state index in [1.807, 2.05) is 26.8 Å². The number of aromatic nitrogens is 1. The van der Waals surface area contributed by atoms with Gasteiger partial charge in [-0.1, -0.05) is 0 Å². The molecule has 1 atom stereocenters. The van der Waals surface area contributed by atoms with Gasteiger partial charge in [0.2, 0.25) is 0 Å². The van der Waals surface area contributed by atoms with Gasteiger partial charge in [0.1, 0.15) is 6.07 Å². The maximum absolute atomic E-state index is 10.7. The van der Waals surface area contributed by atoms with E-state index in [-0.39, 0.29) is 11.6 Å². The Hall–Kier alpha value is -2.06. The van der Waals surface area contributed by atoms with Gasteiger partial charge >= 0.3 is 0 Å². The van der Waals surface area contributed by atoms with E-state index in [4.69, 9.17) is 10.00 Å². The lowest BCUT2D eigenvalue weighted by Crippen LogP contribution is -2.23. The third-order valence-electron chi connectivity index (χ3n) is 3.01. The molecule has 102 valence electrons. The van der Waals surface area contributed by atoms with Crippen LogP contribution in [-0.2, 0) is 9.53 Å². The topological polar surface area (TPSA) is 78.1 Å². The predicted octanol–water partition coefficient (Wildman–Crippen LogP) is 0.969. The fraction of sp³-hybridized carbons (Fsp3) is 0.429. The molecule has 0 radical (unpaired) electrons.